The summed E-state index contributed by atoms with van der Waals surface area (Å²) < 4.78 is 5.50. The van der Waals surface area contributed by atoms with Crippen molar-refractivity contribution in [1.29, 1.82) is 0 Å². The monoisotopic (exact) mass is 283 g/mol. The normalized spacial score (nSPS) is 11.9. The summed E-state index contributed by atoms with van der Waals surface area (Å²) in [6.45, 7) is 2.46. The third-order valence-corrected chi connectivity index (χ3v) is 3.40. The number of Topliss-reactive ketones (excluding diaryl/α,β-unsaturated/α-hetero) is 1. The second kappa shape index (κ2) is 7.60. The van der Waals surface area contributed by atoms with Crippen LogP contribution in [0.5, 0.6) is 5.75 Å². The smallest absolute Gasteiger partial charge is 0.166 e. The van der Waals surface area contributed by atoms with E-state index in [2.05, 4.69) is 0 Å². The Morgan fingerprint density at radius 2 is 1.76 bits per heavy atom. The highest BCUT2D eigenvalue weighted by atomic mass is 16.5. The Hall–Kier alpha value is -2.13. The Balaban J connectivity index is 1.99. The Bertz CT molecular complexity index is 581. The van der Waals surface area contributed by atoms with E-state index in [1.54, 1.807) is 6.07 Å². The van der Waals surface area contributed by atoms with E-state index in [1.165, 1.54) is 0 Å². The molecule has 2 rings (SSSR count). The summed E-state index contributed by atoms with van der Waals surface area (Å²) in [5.74, 6) is 0.726. The molecule has 0 aliphatic carbocycles. The molecule has 0 radical (unpaired) electrons. The standard InChI is InChI=1S/C18H21NO2/c1-2-21-18-11-7-6-10-15(18)17(20)13-12-16(19)14-8-4-3-5-9-14/h3-11,16H,2,12-13,19H2,1H3. The van der Waals surface area contributed by atoms with Crippen molar-refractivity contribution < 1.29 is 9.53 Å². The van der Waals surface area contributed by atoms with Crippen LogP contribution in [-0.2, 0) is 0 Å². The predicted octanol–water partition coefficient (Wildman–Crippen LogP) is 3.75. The number of carbonyl (C=O) groups is 1. The third kappa shape index (κ3) is 4.17. The van der Waals surface area contributed by atoms with E-state index in [1.807, 2.05) is 55.5 Å². The minimum absolute atomic E-state index is 0.0745. The Morgan fingerprint density at radius 1 is 1.10 bits per heavy atom. The molecule has 1 unspecified atom stereocenters. The van der Waals surface area contributed by atoms with E-state index >= 15 is 0 Å². The van der Waals surface area contributed by atoms with Crippen LogP contribution in [0.25, 0.3) is 0 Å². The number of benzene rings is 2. The van der Waals surface area contributed by atoms with Crippen LogP contribution >= 0.6 is 0 Å². The molecule has 0 amide bonds. The van der Waals surface area contributed by atoms with Gasteiger partial charge in [-0.15, -0.1) is 0 Å². The van der Waals surface area contributed by atoms with Gasteiger partial charge < -0.3 is 10.5 Å². The summed E-state index contributed by atoms with van der Waals surface area (Å²) in [5.41, 5.74) is 7.83. The van der Waals surface area contributed by atoms with Gasteiger partial charge in [-0.1, -0.05) is 42.5 Å². The van der Waals surface area contributed by atoms with Crippen LogP contribution < -0.4 is 10.5 Å². The highest BCUT2D eigenvalue weighted by Crippen LogP contribution is 2.22. The average molecular weight is 283 g/mol. The average Bonchev–Trinajstić information content (AvgIpc) is 2.54. The summed E-state index contributed by atoms with van der Waals surface area (Å²) in [7, 11) is 0. The van der Waals surface area contributed by atoms with E-state index in [-0.39, 0.29) is 11.8 Å². The van der Waals surface area contributed by atoms with Gasteiger partial charge in [-0.2, -0.15) is 0 Å². The van der Waals surface area contributed by atoms with Gasteiger partial charge in [0, 0.05) is 12.5 Å². The van der Waals surface area contributed by atoms with Gasteiger partial charge in [0.1, 0.15) is 5.75 Å². The molecule has 0 aliphatic rings. The number of carbonyl (C=O) groups excluding carboxylic acids is 1. The number of hydrogen-bond donors (Lipinski definition) is 1. The quantitative estimate of drug-likeness (QED) is 0.787. The fourth-order valence-corrected chi connectivity index (χ4v) is 2.27. The van der Waals surface area contributed by atoms with E-state index in [0.29, 0.717) is 30.8 Å². The van der Waals surface area contributed by atoms with Crippen LogP contribution in [0.3, 0.4) is 0 Å². The van der Waals surface area contributed by atoms with Crippen LogP contribution in [0.1, 0.15) is 41.7 Å². The summed E-state index contributed by atoms with van der Waals surface area (Å²) in [4.78, 5) is 12.3. The molecule has 0 bridgehead atoms. The molecule has 0 spiro atoms. The molecule has 21 heavy (non-hydrogen) atoms. The fourth-order valence-electron chi connectivity index (χ4n) is 2.27. The lowest BCUT2D eigenvalue weighted by Crippen LogP contribution is -2.13. The number of rotatable bonds is 7. The molecule has 110 valence electrons. The zero-order chi connectivity index (χ0) is 15.1. The lowest BCUT2D eigenvalue weighted by molar-refractivity contribution is 0.0974. The van der Waals surface area contributed by atoms with Crippen molar-refractivity contribution in [3.8, 4) is 5.75 Å². The molecule has 2 aromatic carbocycles. The highest BCUT2D eigenvalue weighted by Gasteiger charge is 2.14. The molecule has 2 N–H and O–H groups in total. The maximum absolute atomic E-state index is 12.3. The third-order valence-electron chi connectivity index (χ3n) is 3.40. The van der Waals surface area contributed by atoms with Gasteiger partial charge in [0.25, 0.3) is 0 Å². The Morgan fingerprint density at radius 3 is 2.48 bits per heavy atom. The van der Waals surface area contributed by atoms with Crippen LogP contribution in [0.2, 0.25) is 0 Å². The summed E-state index contributed by atoms with van der Waals surface area (Å²) in [5, 5.41) is 0. The summed E-state index contributed by atoms with van der Waals surface area (Å²) in [6.07, 6.45) is 1.05. The Kier molecular flexibility index (Phi) is 5.52. The molecule has 1 atom stereocenters. The molecular formula is C18H21NO2. The first-order valence-corrected chi connectivity index (χ1v) is 7.28. The first-order valence-electron chi connectivity index (χ1n) is 7.28. The molecule has 2 aromatic rings. The van der Waals surface area contributed by atoms with Crippen molar-refractivity contribution >= 4 is 5.78 Å². The molecule has 0 aromatic heterocycles. The summed E-state index contributed by atoms with van der Waals surface area (Å²) in [6, 6.07) is 17.1. The van der Waals surface area contributed by atoms with Gasteiger partial charge in [0.2, 0.25) is 0 Å². The molecular weight excluding hydrogens is 262 g/mol. The van der Waals surface area contributed by atoms with Crippen molar-refractivity contribution in [2.24, 2.45) is 5.73 Å². The molecule has 0 heterocycles. The zero-order valence-corrected chi connectivity index (χ0v) is 12.3. The van der Waals surface area contributed by atoms with E-state index < -0.39 is 0 Å². The van der Waals surface area contributed by atoms with Gasteiger partial charge in [0.15, 0.2) is 5.78 Å². The fraction of sp³-hybridized carbons (Fsp3) is 0.278. The highest BCUT2D eigenvalue weighted by molar-refractivity contribution is 5.98. The number of ether oxygens (including phenoxy) is 1. The second-order valence-electron chi connectivity index (χ2n) is 4.91. The van der Waals surface area contributed by atoms with Crippen molar-refractivity contribution in [3.63, 3.8) is 0 Å². The largest absolute Gasteiger partial charge is 0.493 e. The number of nitrogens with two attached hydrogens (primary N) is 1. The maximum Gasteiger partial charge on any atom is 0.166 e. The van der Waals surface area contributed by atoms with Crippen molar-refractivity contribution in [2.45, 2.75) is 25.8 Å². The van der Waals surface area contributed by atoms with Gasteiger partial charge in [0.05, 0.1) is 12.2 Å². The molecule has 0 aliphatic heterocycles. The van der Waals surface area contributed by atoms with Crippen LogP contribution in [0, 0.1) is 0 Å². The molecule has 0 fully saturated rings. The van der Waals surface area contributed by atoms with Crippen molar-refractivity contribution in [3.05, 3.63) is 65.7 Å². The van der Waals surface area contributed by atoms with E-state index in [4.69, 9.17) is 10.5 Å². The van der Waals surface area contributed by atoms with Crippen molar-refractivity contribution in [1.82, 2.24) is 0 Å². The lowest BCUT2D eigenvalue weighted by Gasteiger charge is -2.12. The molecule has 0 saturated carbocycles. The first kappa shape index (κ1) is 15.3. The molecule has 3 nitrogen and oxygen atoms in total. The Labute approximate surface area is 125 Å². The van der Waals surface area contributed by atoms with Crippen LogP contribution in [0.4, 0.5) is 0 Å². The number of para-hydroxylation sites is 1. The predicted molar refractivity (Wildman–Crippen MR) is 84.5 cm³/mol. The van der Waals surface area contributed by atoms with Gasteiger partial charge in [-0.25, -0.2) is 0 Å². The lowest BCUT2D eigenvalue weighted by atomic mass is 9.98. The topological polar surface area (TPSA) is 52.3 Å². The minimum Gasteiger partial charge on any atom is -0.493 e. The van der Waals surface area contributed by atoms with Crippen LogP contribution in [0.15, 0.2) is 54.6 Å². The van der Waals surface area contributed by atoms with Crippen molar-refractivity contribution in [2.75, 3.05) is 6.61 Å². The second-order valence-corrected chi connectivity index (χ2v) is 4.91. The SMILES string of the molecule is CCOc1ccccc1C(=O)CCC(N)c1ccccc1. The van der Waals surface area contributed by atoms with E-state index in [9.17, 15) is 4.79 Å². The van der Waals surface area contributed by atoms with Crippen LogP contribution in [-0.4, -0.2) is 12.4 Å². The first-order chi connectivity index (χ1) is 10.2. The van der Waals surface area contributed by atoms with Gasteiger partial charge in [-0.05, 0) is 31.0 Å². The van der Waals surface area contributed by atoms with Gasteiger partial charge >= 0.3 is 0 Å². The number of ketones is 1. The van der Waals surface area contributed by atoms with E-state index in [0.717, 1.165) is 5.56 Å². The van der Waals surface area contributed by atoms with Gasteiger partial charge in [-0.3, -0.25) is 4.79 Å². The maximum atomic E-state index is 12.3. The zero-order valence-electron chi connectivity index (χ0n) is 12.3. The number of hydrogen-bond acceptors (Lipinski definition) is 3. The molecule has 0 saturated heterocycles. The summed E-state index contributed by atoms with van der Waals surface area (Å²) >= 11 is 0. The molecule has 3 heteroatoms. The minimum atomic E-state index is -0.116.